The number of rotatable bonds is 3. The van der Waals surface area contributed by atoms with E-state index in [1.54, 1.807) is 36.4 Å². The molecule has 2 amide bonds. The highest BCUT2D eigenvalue weighted by molar-refractivity contribution is 9.10. The van der Waals surface area contributed by atoms with Crippen LogP contribution < -0.4 is 11.1 Å². The van der Waals surface area contributed by atoms with Crippen LogP contribution in [0.4, 0.5) is 5.69 Å². The fourth-order valence-corrected chi connectivity index (χ4v) is 2.09. The first kappa shape index (κ1) is 14.3. The highest BCUT2D eigenvalue weighted by Gasteiger charge is 2.14. The highest BCUT2D eigenvalue weighted by Crippen LogP contribution is 2.21. The standard InChI is InChI=1S/C15H13BrN2O2/c1-9-3-2-4-12(14(17)19)13(9)18-15(20)10-5-7-11(16)8-6-10/h2-8H,1H3,(H2,17,19)(H,18,20). The van der Waals surface area contributed by atoms with Gasteiger partial charge in [-0.3, -0.25) is 9.59 Å². The Morgan fingerprint density at radius 1 is 1.10 bits per heavy atom. The van der Waals surface area contributed by atoms with Gasteiger partial charge in [-0.1, -0.05) is 28.1 Å². The van der Waals surface area contributed by atoms with Crippen molar-refractivity contribution >= 4 is 33.4 Å². The molecule has 2 aromatic carbocycles. The minimum atomic E-state index is -0.570. The Hall–Kier alpha value is -2.14. The predicted molar refractivity (Wildman–Crippen MR) is 81.8 cm³/mol. The van der Waals surface area contributed by atoms with E-state index in [0.717, 1.165) is 10.0 Å². The van der Waals surface area contributed by atoms with Crippen LogP contribution >= 0.6 is 15.9 Å². The van der Waals surface area contributed by atoms with Crippen molar-refractivity contribution in [2.45, 2.75) is 6.92 Å². The molecule has 102 valence electrons. The number of carbonyl (C=O) groups excluding carboxylic acids is 2. The monoisotopic (exact) mass is 332 g/mol. The number of nitrogens with one attached hydrogen (secondary N) is 1. The third-order valence-corrected chi connectivity index (χ3v) is 3.41. The maximum atomic E-state index is 12.2. The van der Waals surface area contributed by atoms with Crippen molar-refractivity contribution in [2.24, 2.45) is 5.73 Å². The molecule has 0 atom stereocenters. The molecule has 4 nitrogen and oxygen atoms in total. The second-order valence-electron chi connectivity index (χ2n) is 4.32. The summed E-state index contributed by atoms with van der Waals surface area (Å²) in [6.07, 6.45) is 0. The number of anilines is 1. The Morgan fingerprint density at radius 3 is 2.35 bits per heavy atom. The first-order valence-corrected chi connectivity index (χ1v) is 6.74. The molecule has 0 saturated heterocycles. The summed E-state index contributed by atoms with van der Waals surface area (Å²) in [6.45, 7) is 1.81. The Morgan fingerprint density at radius 2 is 1.75 bits per heavy atom. The molecule has 0 unspecified atom stereocenters. The summed E-state index contributed by atoms with van der Waals surface area (Å²) in [4.78, 5) is 23.6. The second-order valence-corrected chi connectivity index (χ2v) is 5.24. The lowest BCUT2D eigenvalue weighted by Gasteiger charge is -2.12. The minimum absolute atomic E-state index is 0.283. The van der Waals surface area contributed by atoms with E-state index in [9.17, 15) is 9.59 Å². The zero-order chi connectivity index (χ0) is 14.7. The summed E-state index contributed by atoms with van der Waals surface area (Å²) >= 11 is 3.31. The third-order valence-electron chi connectivity index (χ3n) is 2.88. The molecular weight excluding hydrogens is 320 g/mol. The smallest absolute Gasteiger partial charge is 0.255 e. The van der Waals surface area contributed by atoms with Gasteiger partial charge in [0.1, 0.15) is 0 Å². The molecule has 0 fully saturated rings. The number of benzene rings is 2. The Bertz CT molecular complexity index is 666. The van der Waals surface area contributed by atoms with Crippen LogP contribution in [-0.2, 0) is 0 Å². The Balaban J connectivity index is 2.32. The molecule has 0 aliphatic carbocycles. The van der Waals surface area contributed by atoms with Crippen molar-refractivity contribution in [1.82, 2.24) is 0 Å². The van der Waals surface area contributed by atoms with E-state index in [1.807, 2.05) is 13.0 Å². The van der Waals surface area contributed by atoms with Crippen molar-refractivity contribution in [3.8, 4) is 0 Å². The summed E-state index contributed by atoms with van der Waals surface area (Å²) in [5, 5.41) is 2.74. The summed E-state index contributed by atoms with van der Waals surface area (Å²) in [5.74, 6) is -0.853. The van der Waals surface area contributed by atoms with E-state index in [2.05, 4.69) is 21.2 Å². The number of para-hydroxylation sites is 1. The lowest BCUT2D eigenvalue weighted by atomic mass is 10.1. The van der Waals surface area contributed by atoms with Crippen LogP contribution in [0.5, 0.6) is 0 Å². The summed E-state index contributed by atoms with van der Waals surface area (Å²) in [5.41, 5.74) is 7.36. The molecule has 3 N–H and O–H groups in total. The molecule has 0 aliphatic heterocycles. The average Bonchev–Trinajstić information content (AvgIpc) is 2.41. The second kappa shape index (κ2) is 5.88. The van der Waals surface area contributed by atoms with E-state index in [4.69, 9.17) is 5.73 Å². The van der Waals surface area contributed by atoms with Crippen LogP contribution in [0, 0.1) is 6.92 Å². The summed E-state index contributed by atoms with van der Waals surface area (Å²) in [7, 11) is 0. The molecule has 0 aliphatic rings. The van der Waals surface area contributed by atoms with Crippen LogP contribution in [0.1, 0.15) is 26.3 Å². The fraction of sp³-hybridized carbons (Fsp3) is 0.0667. The first-order chi connectivity index (χ1) is 9.49. The lowest BCUT2D eigenvalue weighted by molar-refractivity contribution is 0.100. The van der Waals surface area contributed by atoms with Gasteiger partial charge in [0.05, 0.1) is 11.3 Å². The van der Waals surface area contributed by atoms with Gasteiger partial charge in [-0.15, -0.1) is 0 Å². The fourth-order valence-electron chi connectivity index (χ4n) is 1.83. The lowest BCUT2D eigenvalue weighted by Crippen LogP contribution is -2.19. The number of hydrogen-bond acceptors (Lipinski definition) is 2. The largest absolute Gasteiger partial charge is 0.366 e. The molecule has 2 rings (SSSR count). The van der Waals surface area contributed by atoms with Gasteiger partial charge >= 0.3 is 0 Å². The Kier molecular flexibility index (Phi) is 4.20. The molecule has 0 heterocycles. The van der Waals surface area contributed by atoms with Crippen LogP contribution in [0.15, 0.2) is 46.9 Å². The van der Waals surface area contributed by atoms with Crippen molar-refractivity contribution < 1.29 is 9.59 Å². The van der Waals surface area contributed by atoms with E-state index >= 15 is 0 Å². The number of primary amides is 1. The minimum Gasteiger partial charge on any atom is -0.366 e. The van der Waals surface area contributed by atoms with E-state index in [-0.39, 0.29) is 5.91 Å². The van der Waals surface area contributed by atoms with Crippen LogP contribution in [0.3, 0.4) is 0 Å². The van der Waals surface area contributed by atoms with Gasteiger partial charge in [-0.25, -0.2) is 0 Å². The van der Waals surface area contributed by atoms with Gasteiger partial charge in [0.15, 0.2) is 0 Å². The van der Waals surface area contributed by atoms with Crippen LogP contribution in [0.25, 0.3) is 0 Å². The molecular formula is C15H13BrN2O2. The normalized spacial score (nSPS) is 10.1. The van der Waals surface area contributed by atoms with E-state index < -0.39 is 5.91 Å². The Labute approximate surface area is 125 Å². The number of hydrogen-bond donors (Lipinski definition) is 2. The molecule has 0 bridgehead atoms. The van der Waals surface area contributed by atoms with Crippen LogP contribution in [-0.4, -0.2) is 11.8 Å². The SMILES string of the molecule is Cc1cccc(C(N)=O)c1NC(=O)c1ccc(Br)cc1. The highest BCUT2D eigenvalue weighted by atomic mass is 79.9. The average molecular weight is 333 g/mol. The van der Waals surface area contributed by atoms with Gasteiger partial charge in [0, 0.05) is 10.0 Å². The molecule has 0 radical (unpaired) electrons. The number of aryl methyl sites for hydroxylation is 1. The van der Waals surface area contributed by atoms with Gasteiger partial charge in [-0.05, 0) is 42.8 Å². The maximum Gasteiger partial charge on any atom is 0.255 e. The summed E-state index contributed by atoms with van der Waals surface area (Å²) in [6, 6.07) is 12.1. The van der Waals surface area contributed by atoms with E-state index in [1.165, 1.54) is 0 Å². The van der Waals surface area contributed by atoms with Gasteiger partial charge in [0.25, 0.3) is 11.8 Å². The van der Waals surface area contributed by atoms with Crippen molar-refractivity contribution in [3.63, 3.8) is 0 Å². The topological polar surface area (TPSA) is 72.2 Å². The third kappa shape index (κ3) is 3.05. The maximum absolute atomic E-state index is 12.2. The molecule has 0 aromatic heterocycles. The first-order valence-electron chi connectivity index (χ1n) is 5.95. The zero-order valence-electron chi connectivity index (χ0n) is 10.8. The van der Waals surface area contributed by atoms with Gasteiger partial charge in [0.2, 0.25) is 0 Å². The molecule has 20 heavy (non-hydrogen) atoms. The van der Waals surface area contributed by atoms with Crippen molar-refractivity contribution in [2.75, 3.05) is 5.32 Å². The number of nitrogens with two attached hydrogens (primary N) is 1. The number of carbonyl (C=O) groups is 2. The predicted octanol–water partition coefficient (Wildman–Crippen LogP) is 3.11. The summed E-state index contributed by atoms with van der Waals surface area (Å²) < 4.78 is 0.891. The van der Waals surface area contributed by atoms with Gasteiger partial charge in [-0.2, -0.15) is 0 Å². The van der Waals surface area contributed by atoms with E-state index in [0.29, 0.717) is 16.8 Å². The van der Waals surface area contributed by atoms with Crippen molar-refractivity contribution in [3.05, 3.63) is 63.6 Å². The van der Waals surface area contributed by atoms with Gasteiger partial charge < -0.3 is 11.1 Å². The number of amides is 2. The van der Waals surface area contributed by atoms with Crippen molar-refractivity contribution in [1.29, 1.82) is 0 Å². The molecule has 0 spiro atoms. The van der Waals surface area contributed by atoms with Crippen LogP contribution in [0.2, 0.25) is 0 Å². The zero-order valence-corrected chi connectivity index (χ0v) is 12.4. The quantitative estimate of drug-likeness (QED) is 0.906. The molecule has 2 aromatic rings. The molecule has 0 saturated carbocycles. The number of halogens is 1. The molecule has 5 heteroatoms.